The molecule has 0 amide bonds. The monoisotopic (exact) mass is 341 g/mol. The lowest BCUT2D eigenvalue weighted by molar-refractivity contribution is 0.640. The fourth-order valence-electron chi connectivity index (χ4n) is 2.23. The Kier molecular flexibility index (Phi) is 4.34. The van der Waals surface area contributed by atoms with Gasteiger partial charge in [-0.2, -0.15) is 0 Å². The zero-order valence-electron chi connectivity index (χ0n) is 10.8. The summed E-state index contributed by atoms with van der Waals surface area (Å²) in [5.74, 6) is 0. The molecule has 2 heterocycles. The minimum absolute atomic E-state index is 0.120. The molecule has 0 fully saturated rings. The SMILES string of the molecule is CCNC(c1cc2sccc2s1)c1ccc(Cl)cc1Cl. The molecule has 3 rings (SSSR count). The van der Waals surface area contributed by atoms with E-state index in [0.717, 1.165) is 12.1 Å². The number of benzene rings is 1. The van der Waals surface area contributed by atoms with Crippen molar-refractivity contribution in [3.05, 3.63) is 56.2 Å². The highest BCUT2D eigenvalue weighted by molar-refractivity contribution is 7.27. The highest BCUT2D eigenvalue weighted by atomic mass is 35.5. The zero-order valence-corrected chi connectivity index (χ0v) is 14.0. The summed E-state index contributed by atoms with van der Waals surface area (Å²) in [6.07, 6.45) is 0. The van der Waals surface area contributed by atoms with E-state index in [1.807, 2.05) is 23.5 Å². The van der Waals surface area contributed by atoms with E-state index >= 15 is 0 Å². The van der Waals surface area contributed by atoms with Crippen molar-refractivity contribution in [1.29, 1.82) is 0 Å². The Morgan fingerprint density at radius 2 is 2.00 bits per heavy atom. The van der Waals surface area contributed by atoms with Gasteiger partial charge in [-0.05, 0) is 41.8 Å². The fraction of sp³-hybridized carbons (Fsp3) is 0.200. The normalized spacial score (nSPS) is 12.9. The lowest BCUT2D eigenvalue weighted by Crippen LogP contribution is -2.21. The molecular weight excluding hydrogens is 329 g/mol. The summed E-state index contributed by atoms with van der Waals surface area (Å²) in [4.78, 5) is 1.29. The Morgan fingerprint density at radius 1 is 1.15 bits per heavy atom. The van der Waals surface area contributed by atoms with Crippen LogP contribution in [0.5, 0.6) is 0 Å². The standard InChI is InChI=1S/C15H13Cl2NS2/c1-2-18-15(10-4-3-9(16)7-11(10)17)14-8-13-12(20-14)5-6-19-13/h3-8,15,18H,2H2,1H3. The van der Waals surface area contributed by atoms with Crippen molar-refractivity contribution >= 4 is 55.3 Å². The molecule has 0 radical (unpaired) electrons. The average Bonchev–Trinajstić information content (AvgIpc) is 2.97. The van der Waals surface area contributed by atoms with E-state index in [1.165, 1.54) is 14.3 Å². The van der Waals surface area contributed by atoms with Gasteiger partial charge in [0, 0.05) is 24.3 Å². The first-order valence-corrected chi connectivity index (χ1v) is 8.79. The summed E-state index contributed by atoms with van der Waals surface area (Å²) in [6, 6.07) is 10.2. The lowest BCUT2D eigenvalue weighted by Gasteiger charge is -2.18. The zero-order chi connectivity index (χ0) is 14.1. The topological polar surface area (TPSA) is 12.0 Å². The fourth-order valence-corrected chi connectivity index (χ4v) is 4.96. The third-order valence-electron chi connectivity index (χ3n) is 3.12. The first-order chi connectivity index (χ1) is 9.69. The van der Waals surface area contributed by atoms with Crippen LogP contribution in [0.3, 0.4) is 0 Å². The quantitative estimate of drug-likeness (QED) is 0.616. The maximum absolute atomic E-state index is 6.37. The van der Waals surface area contributed by atoms with E-state index in [9.17, 15) is 0 Å². The number of nitrogens with one attached hydrogen (secondary N) is 1. The van der Waals surface area contributed by atoms with Crippen molar-refractivity contribution < 1.29 is 0 Å². The molecule has 5 heteroatoms. The maximum atomic E-state index is 6.37. The van der Waals surface area contributed by atoms with Gasteiger partial charge < -0.3 is 5.32 Å². The van der Waals surface area contributed by atoms with Gasteiger partial charge in [-0.25, -0.2) is 0 Å². The molecule has 0 aliphatic heterocycles. The van der Waals surface area contributed by atoms with E-state index in [0.29, 0.717) is 10.0 Å². The molecule has 2 aromatic heterocycles. The molecule has 0 bridgehead atoms. The molecule has 1 aromatic carbocycles. The Labute approximate surface area is 136 Å². The molecule has 0 spiro atoms. The Hall–Kier alpha value is -0.580. The summed E-state index contributed by atoms with van der Waals surface area (Å²) in [6.45, 7) is 2.99. The van der Waals surface area contributed by atoms with Crippen LogP contribution in [0.15, 0.2) is 35.7 Å². The van der Waals surface area contributed by atoms with Gasteiger partial charge in [-0.15, -0.1) is 22.7 Å². The Bertz CT molecular complexity index is 704. The first-order valence-electron chi connectivity index (χ1n) is 6.34. The minimum Gasteiger partial charge on any atom is -0.306 e. The van der Waals surface area contributed by atoms with Crippen molar-refractivity contribution in [3.63, 3.8) is 0 Å². The second kappa shape index (κ2) is 6.04. The lowest BCUT2D eigenvalue weighted by atomic mass is 10.1. The second-order valence-corrected chi connectivity index (χ2v) is 7.36. The van der Waals surface area contributed by atoms with Crippen molar-refractivity contribution in [2.24, 2.45) is 0 Å². The third kappa shape index (κ3) is 2.74. The van der Waals surface area contributed by atoms with Gasteiger partial charge in [0.2, 0.25) is 0 Å². The van der Waals surface area contributed by atoms with Crippen LogP contribution < -0.4 is 5.32 Å². The molecule has 104 valence electrons. The van der Waals surface area contributed by atoms with Gasteiger partial charge in [0.25, 0.3) is 0 Å². The summed E-state index contributed by atoms with van der Waals surface area (Å²) in [7, 11) is 0. The van der Waals surface area contributed by atoms with Crippen molar-refractivity contribution in [2.75, 3.05) is 6.54 Å². The van der Waals surface area contributed by atoms with Crippen molar-refractivity contribution in [3.8, 4) is 0 Å². The van der Waals surface area contributed by atoms with Crippen LogP contribution in [0.25, 0.3) is 9.40 Å². The molecule has 1 nitrogen and oxygen atoms in total. The number of thiophene rings is 2. The van der Waals surface area contributed by atoms with Crippen LogP contribution in [-0.2, 0) is 0 Å². The highest BCUT2D eigenvalue weighted by Crippen LogP contribution is 2.38. The number of fused-ring (bicyclic) bond motifs is 1. The van der Waals surface area contributed by atoms with Crippen LogP contribution in [0, 0.1) is 0 Å². The van der Waals surface area contributed by atoms with Crippen LogP contribution >= 0.6 is 45.9 Å². The summed E-state index contributed by atoms with van der Waals surface area (Å²) >= 11 is 15.9. The molecule has 0 saturated carbocycles. The summed E-state index contributed by atoms with van der Waals surface area (Å²) in [5.41, 5.74) is 1.08. The van der Waals surface area contributed by atoms with E-state index in [2.05, 4.69) is 29.8 Å². The molecular formula is C15H13Cl2NS2. The number of hydrogen-bond acceptors (Lipinski definition) is 3. The Morgan fingerprint density at radius 3 is 2.70 bits per heavy atom. The van der Waals surface area contributed by atoms with E-state index in [-0.39, 0.29) is 6.04 Å². The second-order valence-electron chi connectivity index (χ2n) is 4.45. The van der Waals surface area contributed by atoms with Gasteiger partial charge >= 0.3 is 0 Å². The average molecular weight is 342 g/mol. The molecule has 0 aliphatic carbocycles. The van der Waals surface area contributed by atoms with E-state index < -0.39 is 0 Å². The van der Waals surface area contributed by atoms with E-state index in [1.54, 1.807) is 17.4 Å². The van der Waals surface area contributed by atoms with Crippen molar-refractivity contribution in [1.82, 2.24) is 5.32 Å². The van der Waals surface area contributed by atoms with E-state index in [4.69, 9.17) is 23.2 Å². The number of halogens is 2. The summed E-state index contributed by atoms with van der Waals surface area (Å²) in [5, 5.41) is 7.02. The summed E-state index contributed by atoms with van der Waals surface area (Å²) < 4.78 is 2.66. The molecule has 0 aliphatic rings. The smallest absolute Gasteiger partial charge is 0.0686 e. The predicted molar refractivity (Wildman–Crippen MR) is 91.7 cm³/mol. The van der Waals surface area contributed by atoms with Crippen LogP contribution in [0.1, 0.15) is 23.4 Å². The molecule has 20 heavy (non-hydrogen) atoms. The van der Waals surface area contributed by atoms with Gasteiger partial charge in [0.05, 0.1) is 6.04 Å². The molecule has 0 saturated heterocycles. The number of rotatable bonds is 4. The van der Waals surface area contributed by atoms with Gasteiger partial charge in [0.15, 0.2) is 0 Å². The van der Waals surface area contributed by atoms with Gasteiger partial charge in [-0.1, -0.05) is 36.2 Å². The predicted octanol–water partition coefficient (Wildman–Crippen LogP) is 5.97. The minimum atomic E-state index is 0.120. The maximum Gasteiger partial charge on any atom is 0.0686 e. The third-order valence-corrected chi connectivity index (χ3v) is 5.85. The molecule has 1 atom stereocenters. The van der Waals surface area contributed by atoms with Crippen LogP contribution in [-0.4, -0.2) is 6.54 Å². The first kappa shape index (κ1) is 14.4. The highest BCUT2D eigenvalue weighted by Gasteiger charge is 2.19. The van der Waals surface area contributed by atoms with Crippen LogP contribution in [0.4, 0.5) is 0 Å². The van der Waals surface area contributed by atoms with Gasteiger partial charge in [0.1, 0.15) is 0 Å². The molecule has 3 aromatic rings. The number of hydrogen-bond donors (Lipinski definition) is 1. The van der Waals surface area contributed by atoms with Gasteiger partial charge in [-0.3, -0.25) is 0 Å². The largest absolute Gasteiger partial charge is 0.306 e. The van der Waals surface area contributed by atoms with Crippen molar-refractivity contribution in [2.45, 2.75) is 13.0 Å². The Balaban J connectivity index is 2.05. The molecule has 1 unspecified atom stereocenters. The van der Waals surface area contributed by atoms with Crippen LogP contribution in [0.2, 0.25) is 10.0 Å². The molecule has 1 N–H and O–H groups in total.